The third kappa shape index (κ3) is 2.45. The number of anilines is 1. The Hall–Kier alpha value is -1.09. The van der Waals surface area contributed by atoms with Crippen molar-refractivity contribution in [2.45, 2.75) is 33.7 Å². The quantitative estimate of drug-likeness (QED) is 0.768. The maximum absolute atomic E-state index is 5.64. The molecular formula is C11H19N3. The van der Waals surface area contributed by atoms with Gasteiger partial charge in [0.2, 0.25) is 0 Å². The molecule has 1 aromatic rings. The minimum Gasteiger partial charge on any atom is -0.370 e. The van der Waals surface area contributed by atoms with E-state index in [9.17, 15) is 0 Å². The summed E-state index contributed by atoms with van der Waals surface area (Å²) in [5.41, 5.74) is 9.05. The summed E-state index contributed by atoms with van der Waals surface area (Å²) in [6, 6.07) is 2.06. The van der Waals surface area contributed by atoms with E-state index in [0.717, 1.165) is 30.0 Å². The van der Waals surface area contributed by atoms with Crippen molar-refractivity contribution in [2.24, 2.45) is 5.73 Å². The van der Waals surface area contributed by atoms with Crippen LogP contribution >= 0.6 is 0 Å². The lowest BCUT2D eigenvalue weighted by Gasteiger charge is -2.10. The van der Waals surface area contributed by atoms with Gasteiger partial charge in [-0.15, -0.1) is 0 Å². The van der Waals surface area contributed by atoms with Crippen LogP contribution in [0, 0.1) is 13.8 Å². The van der Waals surface area contributed by atoms with E-state index < -0.39 is 0 Å². The third-order valence-corrected chi connectivity index (χ3v) is 2.31. The van der Waals surface area contributed by atoms with Crippen molar-refractivity contribution < 1.29 is 0 Å². The molecule has 14 heavy (non-hydrogen) atoms. The lowest BCUT2D eigenvalue weighted by molar-refractivity contribution is 0.947. The Labute approximate surface area is 85.7 Å². The molecule has 3 N–H and O–H groups in total. The van der Waals surface area contributed by atoms with Gasteiger partial charge in [-0.05, 0) is 37.5 Å². The summed E-state index contributed by atoms with van der Waals surface area (Å²) in [7, 11) is 0. The molecule has 78 valence electrons. The summed E-state index contributed by atoms with van der Waals surface area (Å²) in [5.74, 6) is 0.957. The Bertz CT molecular complexity index is 284. The maximum Gasteiger partial charge on any atom is 0.126 e. The van der Waals surface area contributed by atoms with Crippen molar-refractivity contribution in [2.75, 3.05) is 11.9 Å². The average Bonchev–Trinajstić information content (AvgIpc) is 2.14. The lowest BCUT2D eigenvalue weighted by atomic mass is 10.1. The van der Waals surface area contributed by atoms with E-state index in [-0.39, 0.29) is 0 Å². The first-order valence-electron chi connectivity index (χ1n) is 5.10. The van der Waals surface area contributed by atoms with E-state index in [2.05, 4.69) is 30.2 Å². The minimum absolute atomic E-state index is 0.568. The van der Waals surface area contributed by atoms with Gasteiger partial charge in [-0.3, -0.25) is 0 Å². The Morgan fingerprint density at radius 3 is 2.64 bits per heavy atom. The summed E-state index contributed by atoms with van der Waals surface area (Å²) in [5, 5.41) is 3.28. The van der Waals surface area contributed by atoms with Crippen LogP contribution in [0.2, 0.25) is 0 Å². The zero-order chi connectivity index (χ0) is 10.6. The number of rotatable bonds is 4. The Morgan fingerprint density at radius 2 is 2.14 bits per heavy atom. The zero-order valence-corrected chi connectivity index (χ0v) is 9.22. The summed E-state index contributed by atoms with van der Waals surface area (Å²) >= 11 is 0. The van der Waals surface area contributed by atoms with Crippen molar-refractivity contribution >= 4 is 5.82 Å². The van der Waals surface area contributed by atoms with Gasteiger partial charge in [0.1, 0.15) is 5.82 Å². The molecule has 0 bridgehead atoms. The summed E-state index contributed by atoms with van der Waals surface area (Å²) in [6.07, 6.45) is 1.11. The second kappa shape index (κ2) is 4.96. The number of pyridine rings is 1. The Balaban J connectivity index is 2.90. The summed E-state index contributed by atoms with van der Waals surface area (Å²) in [6.45, 7) is 7.76. The largest absolute Gasteiger partial charge is 0.370 e. The second-order valence-electron chi connectivity index (χ2n) is 3.52. The molecule has 0 fully saturated rings. The molecule has 0 aromatic carbocycles. The van der Waals surface area contributed by atoms with Crippen LogP contribution in [0.25, 0.3) is 0 Å². The fourth-order valence-corrected chi connectivity index (χ4v) is 1.51. The molecule has 1 aromatic heterocycles. The van der Waals surface area contributed by atoms with Gasteiger partial charge >= 0.3 is 0 Å². The first kappa shape index (κ1) is 11.0. The monoisotopic (exact) mass is 193 g/mol. The minimum atomic E-state index is 0.568. The van der Waals surface area contributed by atoms with Crippen LogP contribution in [0.5, 0.6) is 0 Å². The first-order valence-corrected chi connectivity index (χ1v) is 5.10. The SMILES string of the molecule is CCCNc1cc(C)c(CN)c(C)n1. The Morgan fingerprint density at radius 1 is 1.43 bits per heavy atom. The van der Waals surface area contributed by atoms with Crippen LogP contribution < -0.4 is 11.1 Å². The summed E-state index contributed by atoms with van der Waals surface area (Å²) in [4.78, 5) is 4.45. The van der Waals surface area contributed by atoms with Crippen molar-refractivity contribution in [1.29, 1.82) is 0 Å². The molecule has 1 heterocycles. The van der Waals surface area contributed by atoms with Crippen LogP contribution in [0.4, 0.5) is 5.82 Å². The van der Waals surface area contributed by atoms with E-state index in [1.165, 1.54) is 5.56 Å². The molecule has 0 saturated heterocycles. The van der Waals surface area contributed by atoms with E-state index in [1.54, 1.807) is 0 Å². The number of nitrogens with one attached hydrogen (secondary N) is 1. The molecular weight excluding hydrogens is 174 g/mol. The van der Waals surface area contributed by atoms with Crippen LogP contribution in [0.15, 0.2) is 6.07 Å². The number of aryl methyl sites for hydroxylation is 2. The molecule has 0 radical (unpaired) electrons. The van der Waals surface area contributed by atoms with Gasteiger partial charge in [-0.25, -0.2) is 4.98 Å². The van der Waals surface area contributed by atoms with Gasteiger partial charge in [0, 0.05) is 18.8 Å². The highest BCUT2D eigenvalue weighted by Crippen LogP contribution is 2.15. The molecule has 0 amide bonds. The van der Waals surface area contributed by atoms with Crippen LogP contribution in [0.3, 0.4) is 0 Å². The van der Waals surface area contributed by atoms with E-state index in [1.807, 2.05) is 6.92 Å². The van der Waals surface area contributed by atoms with E-state index in [0.29, 0.717) is 6.54 Å². The van der Waals surface area contributed by atoms with Crippen molar-refractivity contribution in [3.63, 3.8) is 0 Å². The number of nitrogens with zero attached hydrogens (tertiary/aromatic N) is 1. The number of nitrogens with two attached hydrogens (primary N) is 1. The predicted octanol–water partition coefficient (Wildman–Crippen LogP) is 1.98. The van der Waals surface area contributed by atoms with Gasteiger partial charge in [-0.1, -0.05) is 6.92 Å². The molecule has 0 aliphatic carbocycles. The molecule has 0 saturated carbocycles. The van der Waals surface area contributed by atoms with E-state index in [4.69, 9.17) is 5.73 Å². The normalized spacial score (nSPS) is 10.3. The smallest absolute Gasteiger partial charge is 0.126 e. The highest BCUT2D eigenvalue weighted by Gasteiger charge is 2.04. The molecule has 0 unspecified atom stereocenters. The maximum atomic E-state index is 5.64. The number of hydrogen-bond donors (Lipinski definition) is 2. The van der Waals surface area contributed by atoms with E-state index >= 15 is 0 Å². The number of aromatic nitrogens is 1. The highest BCUT2D eigenvalue weighted by atomic mass is 15.0. The topological polar surface area (TPSA) is 50.9 Å². The fraction of sp³-hybridized carbons (Fsp3) is 0.545. The van der Waals surface area contributed by atoms with Crippen LogP contribution in [-0.4, -0.2) is 11.5 Å². The summed E-state index contributed by atoms with van der Waals surface area (Å²) < 4.78 is 0. The first-order chi connectivity index (χ1) is 6.69. The molecule has 0 atom stereocenters. The van der Waals surface area contributed by atoms with Gasteiger partial charge in [0.05, 0.1) is 0 Å². The predicted molar refractivity (Wildman–Crippen MR) is 60.4 cm³/mol. The standard InChI is InChI=1S/C11H19N3/c1-4-5-13-11-6-8(2)10(7-12)9(3)14-11/h6H,4-5,7,12H2,1-3H3,(H,13,14). The van der Waals surface area contributed by atoms with Crippen LogP contribution in [0.1, 0.15) is 30.2 Å². The second-order valence-corrected chi connectivity index (χ2v) is 3.52. The average molecular weight is 193 g/mol. The fourth-order valence-electron chi connectivity index (χ4n) is 1.51. The van der Waals surface area contributed by atoms with Gasteiger partial charge in [-0.2, -0.15) is 0 Å². The van der Waals surface area contributed by atoms with Crippen LogP contribution in [-0.2, 0) is 6.54 Å². The zero-order valence-electron chi connectivity index (χ0n) is 9.22. The molecule has 1 rings (SSSR count). The molecule has 0 spiro atoms. The highest BCUT2D eigenvalue weighted by molar-refractivity contribution is 5.43. The molecule has 0 aliphatic rings. The van der Waals surface area contributed by atoms with Gasteiger partial charge < -0.3 is 11.1 Å². The molecule has 0 aliphatic heterocycles. The third-order valence-electron chi connectivity index (χ3n) is 2.31. The lowest BCUT2D eigenvalue weighted by Crippen LogP contribution is -2.08. The molecule has 3 heteroatoms. The van der Waals surface area contributed by atoms with Gasteiger partial charge in [0.25, 0.3) is 0 Å². The Kier molecular flexibility index (Phi) is 3.89. The van der Waals surface area contributed by atoms with Crippen molar-refractivity contribution in [3.8, 4) is 0 Å². The molecule has 3 nitrogen and oxygen atoms in total. The number of hydrogen-bond acceptors (Lipinski definition) is 3. The van der Waals surface area contributed by atoms with Crippen molar-refractivity contribution in [1.82, 2.24) is 4.98 Å². The van der Waals surface area contributed by atoms with Gasteiger partial charge in [0.15, 0.2) is 0 Å². The van der Waals surface area contributed by atoms with Crippen molar-refractivity contribution in [3.05, 3.63) is 22.9 Å².